The first-order chi connectivity index (χ1) is 8.25. The third kappa shape index (κ3) is 1.89. The lowest BCUT2D eigenvalue weighted by Gasteiger charge is -2.44. The van der Waals surface area contributed by atoms with Crippen LogP contribution < -0.4 is 0 Å². The van der Waals surface area contributed by atoms with E-state index in [-0.39, 0.29) is 17.8 Å². The Balaban J connectivity index is 1.81. The van der Waals surface area contributed by atoms with Crippen molar-refractivity contribution in [1.29, 1.82) is 0 Å². The van der Waals surface area contributed by atoms with Gasteiger partial charge in [-0.05, 0) is 44.0 Å². The molecule has 0 N–H and O–H groups in total. The number of hydrogen-bond acceptors (Lipinski definition) is 2. The van der Waals surface area contributed by atoms with Gasteiger partial charge in [0.05, 0.1) is 6.04 Å². The summed E-state index contributed by atoms with van der Waals surface area (Å²) in [5, 5.41) is 0. The summed E-state index contributed by atoms with van der Waals surface area (Å²) in [6.07, 6.45) is 2.52. The Labute approximate surface area is 100 Å². The Morgan fingerprint density at radius 1 is 1.24 bits per heavy atom. The SMILES string of the molecule is O=C1C2CCN(CC2)[C@@H]1Cc1ccccc1F. The molecule has 0 unspecified atom stereocenters. The normalized spacial score (nSPS) is 31.8. The van der Waals surface area contributed by atoms with Crippen molar-refractivity contribution in [1.82, 2.24) is 4.90 Å². The van der Waals surface area contributed by atoms with Crippen LogP contribution in [0.2, 0.25) is 0 Å². The van der Waals surface area contributed by atoms with E-state index in [0.29, 0.717) is 17.8 Å². The van der Waals surface area contributed by atoms with E-state index in [1.165, 1.54) is 6.07 Å². The maximum Gasteiger partial charge on any atom is 0.153 e. The fraction of sp³-hybridized carbons (Fsp3) is 0.500. The minimum Gasteiger partial charge on any atom is -0.298 e. The second kappa shape index (κ2) is 4.22. The maximum atomic E-state index is 13.6. The van der Waals surface area contributed by atoms with E-state index in [9.17, 15) is 9.18 Å². The highest BCUT2D eigenvalue weighted by molar-refractivity contribution is 5.88. The number of fused-ring (bicyclic) bond motifs is 3. The van der Waals surface area contributed by atoms with Gasteiger partial charge in [-0.25, -0.2) is 4.39 Å². The first-order valence-electron chi connectivity index (χ1n) is 6.27. The first-order valence-corrected chi connectivity index (χ1v) is 6.27. The van der Waals surface area contributed by atoms with Gasteiger partial charge in [0.25, 0.3) is 0 Å². The second-order valence-corrected chi connectivity index (χ2v) is 5.02. The molecule has 3 aliphatic rings. The van der Waals surface area contributed by atoms with Crippen molar-refractivity contribution in [2.75, 3.05) is 13.1 Å². The summed E-state index contributed by atoms with van der Waals surface area (Å²) in [5.74, 6) is 0.366. The Bertz CT molecular complexity index is 438. The molecule has 1 atom stereocenters. The number of carbonyl (C=O) groups excluding carboxylic acids is 1. The summed E-state index contributed by atoms with van der Waals surface area (Å²) in [6.45, 7) is 1.99. The van der Waals surface area contributed by atoms with Crippen molar-refractivity contribution in [3.8, 4) is 0 Å². The van der Waals surface area contributed by atoms with Crippen LogP contribution in [0.1, 0.15) is 18.4 Å². The van der Waals surface area contributed by atoms with Crippen molar-refractivity contribution < 1.29 is 9.18 Å². The molecule has 0 spiro atoms. The van der Waals surface area contributed by atoms with Crippen LogP contribution in [0.5, 0.6) is 0 Å². The smallest absolute Gasteiger partial charge is 0.153 e. The summed E-state index contributed by atoms with van der Waals surface area (Å²) >= 11 is 0. The molecule has 2 bridgehead atoms. The summed E-state index contributed by atoms with van der Waals surface area (Å²) < 4.78 is 13.6. The number of rotatable bonds is 2. The van der Waals surface area contributed by atoms with Gasteiger partial charge in [-0.15, -0.1) is 0 Å². The van der Waals surface area contributed by atoms with E-state index < -0.39 is 0 Å². The van der Waals surface area contributed by atoms with Gasteiger partial charge < -0.3 is 0 Å². The van der Waals surface area contributed by atoms with E-state index in [1.807, 2.05) is 6.07 Å². The topological polar surface area (TPSA) is 20.3 Å². The molecule has 3 heterocycles. The largest absolute Gasteiger partial charge is 0.298 e. The molecule has 90 valence electrons. The zero-order valence-corrected chi connectivity index (χ0v) is 9.73. The number of benzene rings is 1. The third-order valence-corrected chi connectivity index (χ3v) is 4.07. The van der Waals surface area contributed by atoms with Crippen LogP contribution in [-0.2, 0) is 11.2 Å². The van der Waals surface area contributed by atoms with Crippen LogP contribution >= 0.6 is 0 Å². The number of halogens is 1. The van der Waals surface area contributed by atoms with Crippen molar-refractivity contribution in [3.05, 3.63) is 35.6 Å². The molecule has 3 heteroatoms. The summed E-state index contributed by atoms with van der Waals surface area (Å²) in [6, 6.07) is 6.69. The standard InChI is InChI=1S/C14H16FNO/c15-12-4-2-1-3-11(12)9-13-14(17)10-5-7-16(13)8-6-10/h1-4,10,13H,5-9H2/t13-/m1/s1. The lowest BCUT2D eigenvalue weighted by molar-refractivity contribution is -0.136. The second-order valence-electron chi connectivity index (χ2n) is 5.02. The highest BCUT2D eigenvalue weighted by Gasteiger charge is 2.40. The molecule has 0 aliphatic carbocycles. The molecule has 0 amide bonds. The molecular weight excluding hydrogens is 217 g/mol. The quantitative estimate of drug-likeness (QED) is 0.779. The maximum absolute atomic E-state index is 13.6. The monoisotopic (exact) mass is 233 g/mol. The average molecular weight is 233 g/mol. The summed E-state index contributed by atoms with van der Waals surface area (Å²) in [4.78, 5) is 14.4. The lowest BCUT2D eigenvalue weighted by atomic mass is 9.80. The van der Waals surface area contributed by atoms with Gasteiger partial charge in [-0.3, -0.25) is 9.69 Å². The van der Waals surface area contributed by atoms with Crippen molar-refractivity contribution in [2.24, 2.45) is 5.92 Å². The van der Waals surface area contributed by atoms with E-state index in [4.69, 9.17) is 0 Å². The Morgan fingerprint density at radius 3 is 2.59 bits per heavy atom. The zero-order valence-electron chi connectivity index (χ0n) is 9.73. The van der Waals surface area contributed by atoms with Crippen LogP contribution in [0.15, 0.2) is 24.3 Å². The van der Waals surface area contributed by atoms with E-state index in [0.717, 1.165) is 25.9 Å². The van der Waals surface area contributed by atoms with Gasteiger partial charge in [0, 0.05) is 5.92 Å². The van der Waals surface area contributed by atoms with Gasteiger partial charge in [0.15, 0.2) is 5.78 Å². The molecule has 0 saturated carbocycles. The third-order valence-electron chi connectivity index (χ3n) is 4.07. The molecule has 4 rings (SSSR count). The number of piperidine rings is 3. The van der Waals surface area contributed by atoms with E-state index >= 15 is 0 Å². The molecule has 2 nitrogen and oxygen atoms in total. The fourth-order valence-electron chi connectivity index (χ4n) is 3.05. The van der Waals surface area contributed by atoms with E-state index in [1.54, 1.807) is 12.1 Å². The Morgan fingerprint density at radius 2 is 1.94 bits per heavy atom. The lowest BCUT2D eigenvalue weighted by Crippen LogP contribution is -2.56. The molecular formula is C14H16FNO. The van der Waals surface area contributed by atoms with Crippen LogP contribution in [0.3, 0.4) is 0 Å². The number of ketones is 1. The number of hydrogen-bond donors (Lipinski definition) is 0. The molecule has 17 heavy (non-hydrogen) atoms. The average Bonchev–Trinajstić information content (AvgIpc) is 2.36. The first kappa shape index (κ1) is 10.9. The molecule has 3 fully saturated rings. The summed E-state index contributed by atoms with van der Waals surface area (Å²) in [5.41, 5.74) is 0.665. The predicted molar refractivity (Wildman–Crippen MR) is 63.2 cm³/mol. The Kier molecular flexibility index (Phi) is 2.71. The number of nitrogens with zero attached hydrogens (tertiary/aromatic N) is 1. The molecule has 1 aromatic carbocycles. The van der Waals surface area contributed by atoms with Crippen LogP contribution in [0.4, 0.5) is 4.39 Å². The summed E-state index contributed by atoms with van der Waals surface area (Å²) in [7, 11) is 0. The number of carbonyl (C=O) groups is 1. The minimum absolute atomic E-state index is 0.0839. The molecule has 3 aliphatic heterocycles. The van der Waals surface area contributed by atoms with Crippen LogP contribution in [-0.4, -0.2) is 29.8 Å². The highest BCUT2D eigenvalue weighted by Crippen LogP contribution is 2.30. The molecule has 1 aromatic rings. The van der Waals surface area contributed by atoms with Gasteiger partial charge in [0.1, 0.15) is 5.82 Å². The van der Waals surface area contributed by atoms with Crippen molar-refractivity contribution in [3.63, 3.8) is 0 Å². The molecule has 0 radical (unpaired) electrons. The van der Waals surface area contributed by atoms with Gasteiger partial charge in [-0.1, -0.05) is 18.2 Å². The predicted octanol–water partition coefficient (Wildman–Crippen LogP) is 2.03. The highest BCUT2D eigenvalue weighted by atomic mass is 19.1. The Hall–Kier alpha value is -1.22. The van der Waals surface area contributed by atoms with Crippen LogP contribution in [0.25, 0.3) is 0 Å². The number of Topliss-reactive ketones (excluding diaryl/α,β-unsaturated/α-hetero) is 1. The fourth-order valence-corrected chi connectivity index (χ4v) is 3.05. The zero-order chi connectivity index (χ0) is 11.8. The minimum atomic E-state index is -0.192. The van der Waals surface area contributed by atoms with E-state index in [2.05, 4.69) is 4.90 Å². The van der Waals surface area contributed by atoms with Crippen molar-refractivity contribution >= 4 is 5.78 Å². The van der Waals surface area contributed by atoms with Crippen LogP contribution in [0, 0.1) is 11.7 Å². The molecule has 0 aromatic heterocycles. The van der Waals surface area contributed by atoms with Gasteiger partial charge >= 0.3 is 0 Å². The van der Waals surface area contributed by atoms with Gasteiger partial charge in [0.2, 0.25) is 0 Å². The molecule has 3 saturated heterocycles. The van der Waals surface area contributed by atoms with Crippen molar-refractivity contribution in [2.45, 2.75) is 25.3 Å². The van der Waals surface area contributed by atoms with Gasteiger partial charge in [-0.2, -0.15) is 0 Å².